The van der Waals surface area contributed by atoms with Crippen molar-refractivity contribution in [2.75, 3.05) is 11.9 Å². The fraction of sp³-hybridized carbons (Fsp3) is 0.208. The molecule has 7 heteroatoms. The van der Waals surface area contributed by atoms with E-state index in [4.69, 9.17) is 9.47 Å². The molecule has 0 saturated heterocycles. The van der Waals surface area contributed by atoms with Crippen LogP contribution in [0, 0.1) is 6.92 Å². The lowest BCUT2D eigenvalue weighted by atomic mass is 10.2. The van der Waals surface area contributed by atoms with Crippen molar-refractivity contribution in [3.63, 3.8) is 0 Å². The van der Waals surface area contributed by atoms with E-state index in [2.05, 4.69) is 10.3 Å². The van der Waals surface area contributed by atoms with Crippen LogP contribution in [0.3, 0.4) is 0 Å². The molecule has 0 unspecified atom stereocenters. The number of anilines is 1. The number of hydrogen-bond donors (Lipinski definition) is 1. The van der Waals surface area contributed by atoms with E-state index in [-0.39, 0.29) is 18.9 Å². The van der Waals surface area contributed by atoms with Gasteiger partial charge >= 0.3 is 5.97 Å². The maximum Gasteiger partial charge on any atom is 0.331 e. The molecule has 0 saturated carbocycles. The Kier molecular flexibility index (Phi) is 7.95. The number of benzene rings is 2. The number of aryl methyl sites for hydroxylation is 1. The molecule has 1 aromatic heterocycles. The molecule has 1 N–H and O–H groups in total. The first-order valence-corrected chi connectivity index (χ1v) is 10.8. The van der Waals surface area contributed by atoms with Crippen LogP contribution in [-0.2, 0) is 27.4 Å². The number of ether oxygens (including phenoxy) is 2. The first kappa shape index (κ1) is 22.2. The summed E-state index contributed by atoms with van der Waals surface area (Å²) in [7, 11) is 0. The van der Waals surface area contributed by atoms with E-state index >= 15 is 0 Å². The molecule has 3 aromatic rings. The molecule has 0 fully saturated rings. The number of aromatic nitrogens is 1. The Hall–Kier alpha value is -3.45. The molecule has 3 rings (SSSR count). The summed E-state index contributed by atoms with van der Waals surface area (Å²) >= 11 is 1.36. The normalized spacial score (nSPS) is 10.8. The number of carbonyl (C=O) groups excluding carboxylic acids is 2. The number of thiazole rings is 1. The van der Waals surface area contributed by atoms with E-state index in [0.29, 0.717) is 17.3 Å². The van der Waals surface area contributed by atoms with Gasteiger partial charge in [0.15, 0.2) is 0 Å². The zero-order valence-corrected chi connectivity index (χ0v) is 18.3. The van der Waals surface area contributed by atoms with Crippen molar-refractivity contribution in [2.45, 2.75) is 26.9 Å². The predicted molar refractivity (Wildman–Crippen MR) is 122 cm³/mol. The molecule has 0 atom stereocenters. The summed E-state index contributed by atoms with van der Waals surface area (Å²) in [5.41, 5.74) is 3.37. The van der Waals surface area contributed by atoms with E-state index in [1.807, 2.05) is 62.4 Å². The van der Waals surface area contributed by atoms with Gasteiger partial charge in [-0.15, -0.1) is 11.3 Å². The van der Waals surface area contributed by atoms with Gasteiger partial charge in [-0.05, 0) is 49.8 Å². The molecular weight excluding hydrogens is 412 g/mol. The van der Waals surface area contributed by atoms with Crippen molar-refractivity contribution in [3.05, 3.63) is 81.8 Å². The summed E-state index contributed by atoms with van der Waals surface area (Å²) in [4.78, 5) is 28.5. The van der Waals surface area contributed by atoms with Crippen molar-refractivity contribution in [2.24, 2.45) is 0 Å². The maximum atomic E-state index is 12.2. The number of carbonyl (C=O) groups is 2. The highest BCUT2D eigenvalue weighted by atomic mass is 32.1. The second kappa shape index (κ2) is 11.1. The fourth-order valence-corrected chi connectivity index (χ4v) is 3.45. The Bertz CT molecular complexity index is 1040. The lowest BCUT2D eigenvalue weighted by molar-refractivity contribution is -0.139. The number of esters is 1. The molecule has 31 heavy (non-hydrogen) atoms. The minimum absolute atomic E-state index is 0.0581. The third-order valence-corrected chi connectivity index (χ3v) is 5.11. The van der Waals surface area contributed by atoms with Crippen LogP contribution < -0.4 is 10.1 Å². The van der Waals surface area contributed by atoms with Gasteiger partial charge in [0.25, 0.3) is 0 Å². The Balaban J connectivity index is 1.44. The molecule has 0 spiro atoms. The van der Waals surface area contributed by atoms with Crippen molar-refractivity contribution in [1.29, 1.82) is 0 Å². The molecule has 1 heterocycles. The van der Waals surface area contributed by atoms with Crippen molar-refractivity contribution in [1.82, 2.24) is 4.98 Å². The molecule has 0 bridgehead atoms. The standard InChI is InChI=1S/C24H24N2O4S/c1-3-29-21-11-6-18(7-12-21)8-13-24(28)30-15-20-16-31-23(26-20)14-22(27)25-19-9-4-17(2)5-10-19/h4-13,16H,3,14-15H2,1-2H3,(H,25,27)/b13-8+. The van der Waals surface area contributed by atoms with Gasteiger partial charge in [-0.3, -0.25) is 4.79 Å². The summed E-state index contributed by atoms with van der Waals surface area (Å²) in [5, 5.41) is 5.30. The van der Waals surface area contributed by atoms with Gasteiger partial charge in [0, 0.05) is 17.1 Å². The number of nitrogens with zero attached hydrogens (tertiary/aromatic N) is 1. The summed E-state index contributed by atoms with van der Waals surface area (Å²) in [6, 6.07) is 15.0. The highest BCUT2D eigenvalue weighted by Crippen LogP contribution is 2.15. The summed E-state index contributed by atoms with van der Waals surface area (Å²) in [5.74, 6) is 0.190. The zero-order valence-electron chi connectivity index (χ0n) is 17.5. The quantitative estimate of drug-likeness (QED) is 0.386. The lowest BCUT2D eigenvalue weighted by Gasteiger charge is -2.04. The predicted octanol–water partition coefficient (Wildman–Crippen LogP) is 4.79. The average molecular weight is 437 g/mol. The second-order valence-corrected chi connectivity index (χ2v) is 7.71. The van der Waals surface area contributed by atoms with E-state index in [1.165, 1.54) is 17.4 Å². The number of amides is 1. The van der Waals surface area contributed by atoms with E-state index in [1.54, 1.807) is 11.5 Å². The highest BCUT2D eigenvalue weighted by Gasteiger charge is 2.09. The minimum atomic E-state index is -0.458. The van der Waals surface area contributed by atoms with Crippen LogP contribution in [0.4, 0.5) is 5.69 Å². The van der Waals surface area contributed by atoms with Gasteiger partial charge in [-0.1, -0.05) is 29.8 Å². The van der Waals surface area contributed by atoms with Gasteiger partial charge in [-0.25, -0.2) is 9.78 Å². The topological polar surface area (TPSA) is 77.5 Å². The van der Waals surface area contributed by atoms with Gasteiger partial charge < -0.3 is 14.8 Å². The molecule has 160 valence electrons. The van der Waals surface area contributed by atoms with Crippen LogP contribution in [0.1, 0.15) is 28.8 Å². The fourth-order valence-electron chi connectivity index (χ4n) is 2.68. The summed E-state index contributed by atoms with van der Waals surface area (Å²) < 4.78 is 10.6. The Morgan fingerprint density at radius 2 is 1.84 bits per heavy atom. The van der Waals surface area contributed by atoms with Crippen LogP contribution in [-0.4, -0.2) is 23.5 Å². The lowest BCUT2D eigenvalue weighted by Crippen LogP contribution is -2.14. The van der Waals surface area contributed by atoms with Crippen molar-refractivity contribution in [3.8, 4) is 5.75 Å². The number of nitrogens with one attached hydrogen (secondary N) is 1. The van der Waals surface area contributed by atoms with E-state index < -0.39 is 5.97 Å². The van der Waals surface area contributed by atoms with E-state index in [9.17, 15) is 9.59 Å². The molecule has 2 aromatic carbocycles. The summed E-state index contributed by atoms with van der Waals surface area (Å²) in [6.45, 7) is 4.58. The van der Waals surface area contributed by atoms with E-state index in [0.717, 1.165) is 22.6 Å². The molecule has 0 radical (unpaired) electrons. The number of rotatable bonds is 9. The molecule has 6 nitrogen and oxygen atoms in total. The molecular formula is C24H24N2O4S. The Morgan fingerprint density at radius 3 is 2.55 bits per heavy atom. The minimum Gasteiger partial charge on any atom is -0.494 e. The van der Waals surface area contributed by atoms with Crippen LogP contribution in [0.2, 0.25) is 0 Å². The zero-order chi connectivity index (χ0) is 22.1. The smallest absolute Gasteiger partial charge is 0.331 e. The van der Waals surface area contributed by atoms with Gasteiger partial charge in [0.05, 0.1) is 18.7 Å². The summed E-state index contributed by atoms with van der Waals surface area (Å²) in [6.07, 6.45) is 3.22. The van der Waals surface area contributed by atoms with Crippen LogP contribution >= 0.6 is 11.3 Å². The SMILES string of the molecule is CCOc1ccc(/C=C/C(=O)OCc2csc(CC(=O)Nc3ccc(C)cc3)n2)cc1. The molecule has 0 aliphatic carbocycles. The largest absolute Gasteiger partial charge is 0.494 e. The molecule has 0 aliphatic rings. The molecule has 1 amide bonds. The third kappa shape index (κ3) is 7.38. The van der Waals surface area contributed by atoms with Gasteiger partial charge in [-0.2, -0.15) is 0 Å². The first-order valence-electron chi connectivity index (χ1n) is 9.89. The van der Waals surface area contributed by atoms with Crippen LogP contribution in [0.25, 0.3) is 6.08 Å². The van der Waals surface area contributed by atoms with Crippen LogP contribution in [0.15, 0.2) is 60.0 Å². The van der Waals surface area contributed by atoms with Crippen LogP contribution in [0.5, 0.6) is 5.75 Å². The Labute approximate surface area is 185 Å². The highest BCUT2D eigenvalue weighted by molar-refractivity contribution is 7.09. The number of hydrogen-bond acceptors (Lipinski definition) is 6. The van der Waals surface area contributed by atoms with Gasteiger partial charge in [0.2, 0.25) is 5.91 Å². The van der Waals surface area contributed by atoms with Crippen molar-refractivity contribution < 1.29 is 19.1 Å². The Morgan fingerprint density at radius 1 is 1.10 bits per heavy atom. The maximum absolute atomic E-state index is 12.2. The van der Waals surface area contributed by atoms with Crippen molar-refractivity contribution >= 4 is 35.0 Å². The monoisotopic (exact) mass is 436 g/mol. The second-order valence-electron chi connectivity index (χ2n) is 6.77. The average Bonchev–Trinajstić information content (AvgIpc) is 3.21. The first-order chi connectivity index (χ1) is 15.0. The molecule has 0 aliphatic heterocycles. The van der Waals surface area contributed by atoms with Gasteiger partial charge in [0.1, 0.15) is 17.4 Å². The third-order valence-electron chi connectivity index (χ3n) is 4.21.